The van der Waals surface area contributed by atoms with Crippen molar-refractivity contribution < 1.29 is 45.2 Å². The number of nitrogens with zero attached hydrogens (tertiary/aromatic N) is 7. The summed E-state index contributed by atoms with van der Waals surface area (Å²) >= 11 is 0. The van der Waals surface area contributed by atoms with Gasteiger partial charge in [0.1, 0.15) is 12.4 Å². The van der Waals surface area contributed by atoms with E-state index in [1.807, 2.05) is 0 Å². The molecular formula is C25H20F6N8O4. The van der Waals surface area contributed by atoms with Crippen molar-refractivity contribution in [3.8, 4) is 5.82 Å². The van der Waals surface area contributed by atoms with Crippen molar-refractivity contribution in [3.05, 3.63) is 83.2 Å². The maximum atomic E-state index is 13.2. The molecule has 2 atom stereocenters. The van der Waals surface area contributed by atoms with Gasteiger partial charge in [0.15, 0.2) is 18.0 Å². The molecule has 1 aliphatic rings. The molecule has 0 radical (unpaired) electrons. The number of benzene rings is 1. The van der Waals surface area contributed by atoms with Gasteiger partial charge in [-0.05, 0) is 37.3 Å². The Balaban J connectivity index is 1.34. The lowest BCUT2D eigenvalue weighted by Gasteiger charge is -2.33. The van der Waals surface area contributed by atoms with Gasteiger partial charge in [0.2, 0.25) is 0 Å². The summed E-state index contributed by atoms with van der Waals surface area (Å²) in [5, 5.41) is 9.95. The third-order valence-electron chi connectivity index (χ3n) is 6.42. The number of ether oxygens (including phenoxy) is 1. The number of carbonyl (C=O) groups is 2. The van der Waals surface area contributed by atoms with Crippen molar-refractivity contribution in [2.75, 3.05) is 19.8 Å². The van der Waals surface area contributed by atoms with E-state index in [1.165, 1.54) is 41.2 Å². The standard InChI is InChI=1S/C25H20F6N8O4/c1-13(37-21(40)15-6-16(24(26,27)28)8-17(7-15)25(29,30)31)20-33-11-35-39(20)19-3-2-14(9-32-19)23(41)38-4-5-42-10-18(38)22-34-12-36-43-22/h2-3,6-9,11-13,18H,4-5,10H2,1H3,(H,37,40)/t13-,18?/m0/s1. The largest absolute Gasteiger partial charge is 0.416 e. The van der Waals surface area contributed by atoms with Crippen LogP contribution in [-0.2, 0) is 17.1 Å². The summed E-state index contributed by atoms with van der Waals surface area (Å²) in [6.45, 7) is 2.12. The lowest BCUT2D eigenvalue weighted by molar-refractivity contribution is -0.143. The van der Waals surface area contributed by atoms with Crippen LogP contribution in [0.15, 0.2) is 53.7 Å². The van der Waals surface area contributed by atoms with Crippen LogP contribution >= 0.6 is 0 Å². The fourth-order valence-corrected chi connectivity index (χ4v) is 4.34. The highest BCUT2D eigenvalue weighted by molar-refractivity contribution is 5.95. The Hall–Kier alpha value is -4.87. The number of hydrogen-bond donors (Lipinski definition) is 1. The highest BCUT2D eigenvalue weighted by Gasteiger charge is 2.38. The number of pyridine rings is 1. The zero-order chi connectivity index (χ0) is 30.9. The van der Waals surface area contributed by atoms with Crippen molar-refractivity contribution >= 4 is 11.8 Å². The average Bonchev–Trinajstić information content (AvgIpc) is 3.69. The minimum Gasteiger partial charge on any atom is -0.377 e. The van der Waals surface area contributed by atoms with Gasteiger partial charge in [0.25, 0.3) is 17.7 Å². The number of aromatic nitrogens is 6. The van der Waals surface area contributed by atoms with E-state index in [9.17, 15) is 35.9 Å². The second-order valence-corrected chi connectivity index (χ2v) is 9.29. The molecule has 0 bridgehead atoms. The summed E-state index contributed by atoms with van der Waals surface area (Å²) in [5.41, 5.74) is -3.88. The quantitative estimate of drug-likeness (QED) is 0.323. The lowest BCUT2D eigenvalue weighted by atomic mass is 10.0. The highest BCUT2D eigenvalue weighted by atomic mass is 19.4. The van der Waals surface area contributed by atoms with Crippen LogP contribution in [0.2, 0.25) is 0 Å². The van der Waals surface area contributed by atoms with E-state index in [1.54, 1.807) is 0 Å². The smallest absolute Gasteiger partial charge is 0.377 e. The second-order valence-electron chi connectivity index (χ2n) is 9.29. The molecule has 1 fully saturated rings. The van der Waals surface area contributed by atoms with Crippen molar-refractivity contribution in [2.45, 2.75) is 31.4 Å². The molecule has 0 saturated carbocycles. The maximum absolute atomic E-state index is 13.2. The summed E-state index contributed by atoms with van der Waals surface area (Å²) in [7, 11) is 0. The Labute approximate surface area is 237 Å². The number of amides is 2. The third kappa shape index (κ3) is 6.32. The van der Waals surface area contributed by atoms with E-state index in [2.05, 4.69) is 30.5 Å². The molecule has 3 aromatic heterocycles. The second kappa shape index (κ2) is 11.4. The van der Waals surface area contributed by atoms with Gasteiger partial charge < -0.3 is 19.5 Å². The summed E-state index contributed by atoms with van der Waals surface area (Å²) in [5.74, 6) is -1.15. The Morgan fingerprint density at radius 3 is 2.30 bits per heavy atom. The Kier molecular flexibility index (Phi) is 7.87. The third-order valence-corrected chi connectivity index (χ3v) is 6.42. The summed E-state index contributed by atoms with van der Waals surface area (Å²) in [6, 6.07) is 1.88. The number of hydrogen-bond acceptors (Lipinski definition) is 9. The van der Waals surface area contributed by atoms with Crippen LogP contribution in [0.25, 0.3) is 5.82 Å². The molecular weight excluding hydrogens is 590 g/mol. The first-order chi connectivity index (χ1) is 20.3. The molecule has 1 aliphatic heterocycles. The Morgan fingerprint density at radius 1 is 0.977 bits per heavy atom. The van der Waals surface area contributed by atoms with E-state index in [4.69, 9.17) is 9.26 Å². The van der Waals surface area contributed by atoms with Crippen LogP contribution < -0.4 is 5.32 Å². The van der Waals surface area contributed by atoms with Gasteiger partial charge in [-0.3, -0.25) is 9.59 Å². The first-order valence-electron chi connectivity index (χ1n) is 12.4. The number of nitrogens with one attached hydrogen (secondary N) is 1. The fraction of sp³-hybridized carbons (Fsp3) is 0.320. The van der Waals surface area contributed by atoms with Crippen molar-refractivity contribution in [2.24, 2.45) is 0 Å². The van der Waals surface area contributed by atoms with Gasteiger partial charge in [-0.25, -0.2) is 9.97 Å². The molecule has 4 heterocycles. The van der Waals surface area contributed by atoms with E-state index < -0.39 is 47.0 Å². The molecule has 1 saturated heterocycles. The average molecular weight is 610 g/mol. The van der Waals surface area contributed by atoms with Gasteiger partial charge in [-0.2, -0.15) is 41.1 Å². The molecule has 18 heteroatoms. The van der Waals surface area contributed by atoms with Crippen LogP contribution in [0, 0.1) is 0 Å². The minimum atomic E-state index is -5.11. The molecule has 0 spiro atoms. The summed E-state index contributed by atoms with van der Waals surface area (Å²) < 4.78 is 91.1. The minimum absolute atomic E-state index is 0.0626. The predicted octanol–water partition coefficient (Wildman–Crippen LogP) is 3.79. The maximum Gasteiger partial charge on any atom is 0.416 e. The molecule has 4 aromatic rings. The van der Waals surface area contributed by atoms with Crippen LogP contribution in [0.5, 0.6) is 0 Å². The molecule has 226 valence electrons. The fourth-order valence-electron chi connectivity index (χ4n) is 4.34. The van der Waals surface area contributed by atoms with Crippen molar-refractivity contribution in [3.63, 3.8) is 0 Å². The van der Waals surface area contributed by atoms with Crippen LogP contribution in [0.3, 0.4) is 0 Å². The molecule has 43 heavy (non-hydrogen) atoms. The monoisotopic (exact) mass is 610 g/mol. The zero-order valence-electron chi connectivity index (χ0n) is 21.9. The van der Waals surface area contributed by atoms with Crippen molar-refractivity contribution in [1.29, 1.82) is 0 Å². The molecule has 0 aliphatic carbocycles. The summed E-state index contributed by atoms with van der Waals surface area (Å²) in [4.78, 5) is 39.8. The number of morpholine rings is 1. The van der Waals surface area contributed by atoms with Crippen LogP contribution in [0.4, 0.5) is 26.3 Å². The Morgan fingerprint density at radius 2 is 1.70 bits per heavy atom. The van der Waals surface area contributed by atoms with Gasteiger partial charge in [-0.1, -0.05) is 5.16 Å². The SMILES string of the molecule is C[C@H](NC(=O)c1cc(C(F)(F)F)cc(C(F)(F)F)c1)c1ncnn1-c1ccc(C(=O)N2CCOCC2c2ncno2)cn1. The first-order valence-corrected chi connectivity index (χ1v) is 12.4. The Bertz CT molecular complexity index is 1570. The van der Waals surface area contributed by atoms with Gasteiger partial charge in [0.05, 0.1) is 35.9 Å². The first kappa shape index (κ1) is 29.6. The molecule has 2 amide bonds. The molecule has 1 N–H and O–H groups in total. The van der Waals surface area contributed by atoms with Crippen LogP contribution in [0.1, 0.15) is 62.6 Å². The van der Waals surface area contributed by atoms with Gasteiger partial charge in [0, 0.05) is 18.3 Å². The zero-order valence-corrected chi connectivity index (χ0v) is 21.9. The predicted molar refractivity (Wildman–Crippen MR) is 130 cm³/mol. The van der Waals surface area contributed by atoms with Crippen molar-refractivity contribution in [1.82, 2.24) is 40.1 Å². The number of carbonyl (C=O) groups excluding carboxylic acids is 2. The molecule has 1 unspecified atom stereocenters. The molecule has 5 rings (SSSR count). The van der Waals surface area contributed by atoms with Gasteiger partial charge >= 0.3 is 12.4 Å². The number of alkyl halides is 6. The van der Waals surface area contributed by atoms with E-state index in [0.717, 1.165) is 6.33 Å². The summed E-state index contributed by atoms with van der Waals surface area (Å²) in [6.07, 6.45) is -6.61. The van der Waals surface area contributed by atoms with E-state index in [-0.39, 0.29) is 48.2 Å². The number of halogens is 6. The van der Waals surface area contributed by atoms with Crippen LogP contribution in [-0.4, -0.2) is 66.4 Å². The topological polar surface area (TPSA) is 141 Å². The molecule has 1 aromatic carbocycles. The highest BCUT2D eigenvalue weighted by Crippen LogP contribution is 2.36. The van der Waals surface area contributed by atoms with E-state index in [0.29, 0.717) is 18.7 Å². The normalized spacial score (nSPS) is 16.6. The lowest BCUT2D eigenvalue weighted by Crippen LogP contribution is -2.43. The van der Waals surface area contributed by atoms with E-state index >= 15 is 0 Å². The van der Waals surface area contributed by atoms with Gasteiger partial charge in [-0.15, -0.1) is 0 Å². The number of rotatable bonds is 6. The molecule has 12 nitrogen and oxygen atoms in total.